The van der Waals surface area contributed by atoms with E-state index in [1.165, 1.54) is 0 Å². The van der Waals surface area contributed by atoms with Crippen molar-refractivity contribution in [2.45, 2.75) is 13.0 Å². The van der Waals surface area contributed by atoms with E-state index in [4.69, 9.17) is 10.5 Å². The second-order valence-electron chi connectivity index (χ2n) is 4.48. The Balaban J connectivity index is 1.90. The van der Waals surface area contributed by atoms with Crippen LogP contribution >= 0.6 is 0 Å². The number of nitrogen functional groups attached to an aromatic ring is 1. The van der Waals surface area contributed by atoms with Crippen molar-refractivity contribution >= 4 is 11.7 Å². The molecule has 0 aliphatic heterocycles. The minimum atomic E-state index is -0.0680. The van der Waals surface area contributed by atoms with Gasteiger partial charge in [0.15, 0.2) is 0 Å². The van der Waals surface area contributed by atoms with Gasteiger partial charge in [-0.1, -0.05) is 12.1 Å². The minimum Gasteiger partial charge on any atom is -0.497 e. The highest BCUT2D eigenvalue weighted by Crippen LogP contribution is 2.13. The molecule has 6 heteroatoms. The monoisotopic (exact) mass is 274 g/mol. The van der Waals surface area contributed by atoms with Crippen molar-refractivity contribution in [2.24, 2.45) is 7.05 Å². The number of nitrogens with zero attached hydrogens (tertiary/aromatic N) is 2. The first kappa shape index (κ1) is 13.9. The van der Waals surface area contributed by atoms with Crippen molar-refractivity contribution in [1.82, 2.24) is 15.1 Å². The van der Waals surface area contributed by atoms with Crippen LogP contribution in [0.3, 0.4) is 0 Å². The number of aromatic nitrogens is 2. The Labute approximate surface area is 117 Å². The number of hydrogen-bond donors (Lipinski definition) is 2. The first-order valence-corrected chi connectivity index (χ1v) is 6.26. The quantitative estimate of drug-likeness (QED) is 0.847. The summed E-state index contributed by atoms with van der Waals surface area (Å²) in [6, 6.07) is 7.44. The molecule has 0 unspecified atom stereocenters. The molecule has 1 aromatic heterocycles. The zero-order valence-electron chi connectivity index (χ0n) is 11.6. The molecule has 0 aliphatic carbocycles. The van der Waals surface area contributed by atoms with Gasteiger partial charge >= 0.3 is 0 Å². The number of ether oxygens (including phenoxy) is 1. The highest BCUT2D eigenvalue weighted by molar-refractivity contribution is 5.78. The van der Waals surface area contributed by atoms with Crippen LogP contribution < -0.4 is 15.8 Å². The molecular formula is C14H18N4O2. The van der Waals surface area contributed by atoms with Crippen LogP contribution in [0.15, 0.2) is 30.5 Å². The number of carbonyl (C=O) groups excluding carboxylic acids is 1. The maximum Gasteiger partial charge on any atom is 0.224 e. The maximum atomic E-state index is 11.9. The molecule has 0 fully saturated rings. The smallest absolute Gasteiger partial charge is 0.224 e. The van der Waals surface area contributed by atoms with Gasteiger partial charge in [-0.25, -0.2) is 0 Å². The fraction of sp³-hybridized carbons (Fsp3) is 0.286. The van der Waals surface area contributed by atoms with E-state index in [9.17, 15) is 4.79 Å². The molecule has 0 aliphatic rings. The molecule has 0 spiro atoms. The van der Waals surface area contributed by atoms with E-state index in [1.807, 2.05) is 24.3 Å². The predicted octanol–water partition coefficient (Wildman–Crippen LogP) is 0.870. The zero-order valence-corrected chi connectivity index (χ0v) is 11.6. The third-order valence-corrected chi connectivity index (χ3v) is 3.04. The van der Waals surface area contributed by atoms with E-state index in [1.54, 1.807) is 25.0 Å². The largest absolute Gasteiger partial charge is 0.497 e. The van der Waals surface area contributed by atoms with Crippen LogP contribution in [0.4, 0.5) is 5.82 Å². The van der Waals surface area contributed by atoms with E-state index in [0.717, 1.165) is 16.9 Å². The average molecular weight is 274 g/mol. The van der Waals surface area contributed by atoms with E-state index >= 15 is 0 Å². The first-order valence-electron chi connectivity index (χ1n) is 6.26. The summed E-state index contributed by atoms with van der Waals surface area (Å²) in [4.78, 5) is 11.9. The van der Waals surface area contributed by atoms with Gasteiger partial charge in [-0.3, -0.25) is 9.48 Å². The Morgan fingerprint density at radius 1 is 1.50 bits per heavy atom. The van der Waals surface area contributed by atoms with Crippen molar-refractivity contribution in [1.29, 1.82) is 0 Å². The number of benzene rings is 1. The van der Waals surface area contributed by atoms with Crippen molar-refractivity contribution in [3.63, 3.8) is 0 Å². The van der Waals surface area contributed by atoms with Gasteiger partial charge < -0.3 is 15.8 Å². The summed E-state index contributed by atoms with van der Waals surface area (Å²) in [5.74, 6) is 1.24. The normalized spacial score (nSPS) is 10.3. The van der Waals surface area contributed by atoms with Crippen LogP contribution in [-0.4, -0.2) is 22.8 Å². The van der Waals surface area contributed by atoms with E-state index in [0.29, 0.717) is 18.8 Å². The number of aryl methyl sites for hydroxylation is 1. The van der Waals surface area contributed by atoms with Crippen molar-refractivity contribution in [3.05, 3.63) is 41.6 Å². The molecular weight excluding hydrogens is 256 g/mol. The van der Waals surface area contributed by atoms with E-state index in [-0.39, 0.29) is 5.91 Å². The van der Waals surface area contributed by atoms with Crippen molar-refractivity contribution < 1.29 is 9.53 Å². The van der Waals surface area contributed by atoms with Crippen LogP contribution in [0.5, 0.6) is 5.75 Å². The Hall–Kier alpha value is -2.50. The fourth-order valence-electron chi connectivity index (χ4n) is 1.85. The van der Waals surface area contributed by atoms with Gasteiger partial charge in [-0.05, 0) is 17.7 Å². The molecule has 2 rings (SSSR count). The van der Waals surface area contributed by atoms with Crippen LogP contribution in [0, 0.1) is 0 Å². The number of amides is 1. The molecule has 1 aromatic carbocycles. The molecule has 0 radical (unpaired) electrons. The first-order chi connectivity index (χ1) is 9.60. The molecule has 3 N–H and O–H groups in total. The highest BCUT2D eigenvalue weighted by atomic mass is 16.5. The summed E-state index contributed by atoms with van der Waals surface area (Å²) in [7, 11) is 3.36. The summed E-state index contributed by atoms with van der Waals surface area (Å²) >= 11 is 0. The summed E-state index contributed by atoms with van der Waals surface area (Å²) in [6.07, 6.45) is 1.96. The molecule has 1 amide bonds. The van der Waals surface area contributed by atoms with Crippen molar-refractivity contribution in [3.8, 4) is 5.75 Å². The summed E-state index contributed by atoms with van der Waals surface area (Å²) in [6.45, 7) is 0.377. The minimum absolute atomic E-state index is 0.0680. The topological polar surface area (TPSA) is 82.2 Å². The van der Waals surface area contributed by atoms with Gasteiger partial charge in [-0.2, -0.15) is 5.10 Å². The van der Waals surface area contributed by atoms with Gasteiger partial charge in [0.25, 0.3) is 0 Å². The number of rotatable bonds is 5. The van der Waals surface area contributed by atoms with Crippen LogP contribution in [0.2, 0.25) is 0 Å². The standard InChI is InChI=1S/C14H18N4O2/c1-18-14(15)11(9-17-18)8-16-13(19)7-10-4-3-5-12(6-10)20-2/h3-6,9H,7-8,15H2,1-2H3,(H,16,19). The molecule has 0 saturated carbocycles. The van der Waals surface area contributed by atoms with E-state index in [2.05, 4.69) is 10.4 Å². The number of carbonyl (C=O) groups is 1. The number of methoxy groups -OCH3 is 1. The van der Waals surface area contributed by atoms with Crippen molar-refractivity contribution in [2.75, 3.05) is 12.8 Å². The van der Waals surface area contributed by atoms with Gasteiger partial charge in [-0.15, -0.1) is 0 Å². The summed E-state index contributed by atoms with van der Waals surface area (Å²) in [5.41, 5.74) is 7.53. The molecule has 106 valence electrons. The average Bonchev–Trinajstić information content (AvgIpc) is 2.77. The fourth-order valence-corrected chi connectivity index (χ4v) is 1.85. The Bertz CT molecular complexity index is 607. The highest BCUT2D eigenvalue weighted by Gasteiger charge is 2.08. The maximum absolute atomic E-state index is 11.9. The number of nitrogens with one attached hydrogen (secondary N) is 1. The molecule has 1 heterocycles. The lowest BCUT2D eigenvalue weighted by molar-refractivity contribution is -0.120. The number of hydrogen-bond acceptors (Lipinski definition) is 4. The van der Waals surface area contributed by atoms with Gasteiger partial charge in [0.05, 0.1) is 19.7 Å². The number of nitrogens with two attached hydrogens (primary N) is 1. The van der Waals surface area contributed by atoms with E-state index < -0.39 is 0 Å². The second-order valence-corrected chi connectivity index (χ2v) is 4.48. The van der Waals surface area contributed by atoms with Gasteiger partial charge in [0, 0.05) is 19.2 Å². The number of anilines is 1. The molecule has 6 nitrogen and oxygen atoms in total. The molecule has 2 aromatic rings. The lowest BCUT2D eigenvalue weighted by Crippen LogP contribution is -2.24. The predicted molar refractivity (Wildman–Crippen MR) is 76.2 cm³/mol. The second kappa shape index (κ2) is 6.10. The van der Waals surface area contributed by atoms with Crippen LogP contribution in [0.25, 0.3) is 0 Å². The lowest BCUT2D eigenvalue weighted by Gasteiger charge is -2.06. The molecule has 20 heavy (non-hydrogen) atoms. The van der Waals surface area contributed by atoms with Gasteiger partial charge in [0.1, 0.15) is 11.6 Å². The van der Waals surface area contributed by atoms with Crippen LogP contribution in [-0.2, 0) is 24.8 Å². The Morgan fingerprint density at radius 2 is 2.30 bits per heavy atom. The Kier molecular flexibility index (Phi) is 4.24. The molecule has 0 saturated heterocycles. The third-order valence-electron chi connectivity index (χ3n) is 3.04. The molecule has 0 atom stereocenters. The zero-order chi connectivity index (χ0) is 14.5. The molecule has 0 bridgehead atoms. The lowest BCUT2D eigenvalue weighted by atomic mass is 10.1. The summed E-state index contributed by atoms with van der Waals surface area (Å²) < 4.78 is 6.70. The Morgan fingerprint density at radius 3 is 2.95 bits per heavy atom. The summed E-state index contributed by atoms with van der Waals surface area (Å²) in [5, 5.41) is 6.85. The SMILES string of the molecule is COc1cccc(CC(=O)NCc2cnn(C)c2N)c1. The van der Waals surface area contributed by atoms with Crippen LogP contribution in [0.1, 0.15) is 11.1 Å². The third kappa shape index (κ3) is 3.28. The van der Waals surface area contributed by atoms with Gasteiger partial charge in [0.2, 0.25) is 5.91 Å².